The number of imidazole rings is 1. The lowest BCUT2D eigenvalue weighted by Crippen LogP contribution is -1.92. The second kappa shape index (κ2) is 6.25. The van der Waals surface area contributed by atoms with Crippen molar-refractivity contribution < 1.29 is 4.42 Å². The van der Waals surface area contributed by atoms with E-state index >= 15 is 0 Å². The van der Waals surface area contributed by atoms with E-state index in [0.29, 0.717) is 11.8 Å². The molecule has 0 aliphatic heterocycles. The molecule has 3 heterocycles. The Morgan fingerprint density at radius 3 is 2.45 bits per heavy atom. The van der Waals surface area contributed by atoms with Gasteiger partial charge in [0.05, 0.1) is 22.1 Å². The molecule has 0 unspecified atom stereocenters. The van der Waals surface area contributed by atoms with E-state index in [1.165, 1.54) is 0 Å². The number of fused-ring (bicyclic) bond motifs is 5. The first-order chi connectivity index (χ1) is 14.3. The first-order valence-corrected chi connectivity index (χ1v) is 9.96. The van der Waals surface area contributed by atoms with Crippen molar-refractivity contribution in [1.82, 2.24) is 19.6 Å². The van der Waals surface area contributed by atoms with Crippen LogP contribution in [0.25, 0.3) is 50.5 Å². The molecule has 0 fully saturated rings. The van der Waals surface area contributed by atoms with E-state index < -0.39 is 0 Å². The van der Waals surface area contributed by atoms with Gasteiger partial charge < -0.3 is 4.42 Å². The van der Waals surface area contributed by atoms with Crippen LogP contribution in [0.5, 0.6) is 0 Å². The number of rotatable bonds is 2. The molecule has 0 amide bonds. The molecule has 6 aromatic rings. The summed E-state index contributed by atoms with van der Waals surface area (Å²) in [6, 6.07) is 26.1. The van der Waals surface area contributed by atoms with Gasteiger partial charge >= 0.3 is 0 Å². The van der Waals surface area contributed by atoms with Crippen molar-refractivity contribution in [2.75, 3.05) is 0 Å². The molecule has 6 rings (SSSR count). The van der Waals surface area contributed by atoms with Crippen molar-refractivity contribution >= 4 is 43.5 Å². The van der Waals surface area contributed by atoms with Crippen molar-refractivity contribution in [2.24, 2.45) is 0 Å². The van der Waals surface area contributed by atoms with Crippen LogP contribution in [0.4, 0.5) is 0 Å². The van der Waals surface area contributed by atoms with Crippen molar-refractivity contribution in [1.29, 1.82) is 0 Å². The van der Waals surface area contributed by atoms with E-state index in [4.69, 9.17) is 9.40 Å². The zero-order valence-corrected chi connectivity index (χ0v) is 16.7. The highest BCUT2D eigenvalue weighted by Gasteiger charge is 2.18. The molecule has 0 aliphatic carbocycles. The van der Waals surface area contributed by atoms with Crippen molar-refractivity contribution in [3.05, 3.63) is 83.3 Å². The van der Waals surface area contributed by atoms with E-state index in [-0.39, 0.29) is 0 Å². The summed E-state index contributed by atoms with van der Waals surface area (Å²) in [4.78, 5) is 4.87. The number of pyridine rings is 1. The van der Waals surface area contributed by atoms with Crippen LogP contribution >= 0.6 is 15.9 Å². The van der Waals surface area contributed by atoms with Gasteiger partial charge in [-0.1, -0.05) is 46.3 Å². The Bertz CT molecular complexity index is 1520. The fourth-order valence-corrected chi connectivity index (χ4v) is 4.08. The minimum atomic E-state index is 0.450. The Labute approximate surface area is 173 Å². The van der Waals surface area contributed by atoms with Crippen LogP contribution < -0.4 is 0 Å². The molecular weight excluding hydrogens is 428 g/mol. The van der Waals surface area contributed by atoms with E-state index in [2.05, 4.69) is 54.8 Å². The molecule has 5 nitrogen and oxygen atoms in total. The van der Waals surface area contributed by atoms with Crippen LogP contribution in [-0.4, -0.2) is 19.6 Å². The van der Waals surface area contributed by atoms with Crippen LogP contribution in [0.15, 0.2) is 87.8 Å². The minimum absolute atomic E-state index is 0.450. The summed E-state index contributed by atoms with van der Waals surface area (Å²) in [5.41, 5.74) is 5.53. The number of para-hydroxylation sites is 2. The van der Waals surface area contributed by atoms with E-state index in [9.17, 15) is 0 Å². The highest BCUT2D eigenvalue weighted by Crippen LogP contribution is 2.33. The molecule has 0 aliphatic rings. The molecule has 0 saturated carbocycles. The van der Waals surface area contributed by atoms with Gasteiger partial charge in [0.2, 0.25) is 5.89 Å². The van der Waals surface area contributed by atoms with Crippen molar-refractivity contribution in [3.63, 3.8) is 0 Å². The third-order valence-corrected chi connectivity index (χ3v) is 5.50. The number of halogens is 1. The second-order valence-electron chi connectivity index (χ2n) is 6.80. The fourth-order valence-electron chi connectivity index (χ4n) is 3.70. The molecule has 0 bridgehead atoms. The third-order valence-electron chi connectivity index (χ3n) is 5.01. The van der Waals surface area contributed by atoms with Crippen LogP contribution in [0.2, 0.25) is 0 Å². The molecule has 29 heavy (non-hydrogen) atoms. The zero-order chi connectivity index (χ0) is 19.4. The smallest absolute Gasteiger partial charge is 0.251 e. The molecule has 0 saturated heterocycles. The van der Waals surface area contributed by atoms with E-state index in [0.717, 1.165) is 43.2 Å². The second-order valence-corrected chi connectivity index (χ2v) is 7.71. The summed E-state index contributed by atoms with van der Waals surface area (Å²) < 4.78 is 9.21. The maximum Gasteiger partial charge on any atom is 0.251 e. The summed E-state index contributed by atoms with van der Waals surface area (Å²) in [7, 11) is 0. The number of benzene rings is 3. The lowest BCUT2D eigenvalue weighted by atomic mass is 10.1. The van der Waals surface area contributed by atoms with Gasteiger partial charge in [0.15, 0.2) is 5.65 Å². The summed E-state index contributed by atoms with van der Waals surface area (Å²) in [5.74, 6) is 0.940. The summed E-state index contributed by atoms with van der Waals surface area (Å²) in [5, 5.41) is 9.65. The minimum Gasteiger partial charge on any atom is -0.416 e. The highest BCUT2D eigenvalue weighted by molar-refractivity contribution is 9.10. The van der Waals surface area contributed by atoms with Gasteiger partial charge in [-0.3, -0.25) is 4.40 Å². The van der Waals surface area contributed by atoms with Gasteiger partial charge in [0.25, 0.3) is 5.89 Å². The van der Waals surface area contributed by atoms with Gasteiger partial charge in [-0.05, 0) is 48.5 Å². The van der Waals surface area contributed by atoms with Crippen LogP contribution in [0.3, 0.4) is 0 Å². The maximum atomic E-state index is 6.05. The standard InChI is InChI=1S/C23H13BrN4O/c24-16-10-11-19-15(12-16)13-17(21-25-18-8-4-5-9-20(18)28(19)21)23-27-26-22(29-23)14-6-2-1-3-7-14/h1-13H. The number of aromatic nitrogens is 4. The van der Waals surface area contributed by atoms with Gasteiger partial charge in [-0.15, -0.1) is 10.2 Å². The fraction of sp³-hybridized carbons (Fsp3) is 0. The molecule has 138 valence electrons. The van der Waals surface area contributed by atoms with Crippen LogP contribution in [0.1, 0.15) is 0 Å². The van der Waals surface area contributed by atoms with Crippen LogP contribution in [-0.2, 0) is 0 Å². The molecule has 0 spiro atoms. The predicted molar refractivity (Wildman–Crippen MR) is 117 cm³/mol. The SMILES string of the molecule is Brc1ccc2c(c1)cc(-c1nnc(-c3ccccc3)o1)c1nc3ccccc3n12. The molecule has 0 atom stereocenters. The Kier molecular flexibility index (Phi) is 3.55. The average molecular weight is 441 g/mol. The van der Waals surface area contributed by atoms with Gasteiger partial charge in [0, 0.05) is 15.4 Å². The first-order valence-electron chi connectivity index (χ1n) is 9.17. The van der Waals surface area contributed by atoms with Crippen molar-refractivity contribution in [2.45, 2.75) is 0 Å². The lowest BCUT2D eigenvalue weighted by molar-refractivity contribution is 0.585. The van der Waals surface area contributed by atoms with Gasteiger partial charge in [-0.25, -0.2) is 4.98 Å². The zero-order valence-electron chi connectivity index (χ0n) is 15.1. The third kappa shape index (κ3) is 2.57. The maximum absolute atomic E-state index is 6.05. The molecule has 0 N–H and O–H groups in total. The first kappa shape index (κ1) is 16.4. The largest absolute Gasteiger partial charge is 0.416 e. The van der Waals surface area contributed by atoms with Crippen LogP contribution in [0, 0.1) is 0 Å². The van der Waals surface area contributed by atoms with Gasteiger partial charge in [-0.2, -0.15) is 0 Å². The summed E-state index contributed by atoms with van der Waals surface area (Å²) in [6.45, 7) is 0. The normalized spacial score (nSPS) is 11.6. The van der Waals surface area contributed by atoms with E-state index in [1.54, 1.807) is 0 Å². The number of nitrogens with zero attached hydrogens (tertiary/aromatic N) is 4. The topological polar surface area (TPSA) is 56.2 Å². The highest BCUT2D eigenvalue weighted by atomic mass is 79.9. The van der Waals surface area contributed by atoms with E-state index in [1.807, 2.05) is 54.6 Å². The Morgan fingerprint density at radius 2 is 1.55 bits per heavy atom. The molecular formula is C23H13BrN4O. The molecule has 0 radical (unpaired) electrons. The Morgan fingerprint density at radius 1 is 0.759 bits per heavy atom. The molecule has 3 aromatic heterocycles. The number of hydrogen-bond acceptors (Lipinski definition) is 4. The average Bonchev–Trinajstić information content (AvgIpc) is 3.39. The lowest BCUT2D eigenvalue weighted by Gasteiger charge is -2.07. The van der Waals surface area contributed by atoms with Gasteiger partial charge in [0.1, 0.15) is 0 Å². The Hall–Kier alpha value is -3.51. The monoisotopic (exact) mass is 440 g/mol. The molecule has 6 heteroatoms. The predicted octanol–water partition coefficient (Wildman–Crippen LogP) is 6.12. The molecule has 3 aromatic carbocycles. The quantitative estimate of drug-likeness (QED) is 0.325. The Balaban J connectivity index is 1.69. The number of hydrogen-bond donors (Lipinski definition) is 0. The van der Waals surface area contributed by atoms with Crippen molar-refractivity contribution in [3.8, 4) is 22.9 Å². The summed E-state index contributed by atoms with van der Waals surface area (Å²) >= 11 is 3.58. The summed E-state index contributed by atoms with van der Waals surface area (Å²) in [6.07, 6.45) is 0.